The van der Waals surface area contributed by atoms with Gasteiger partial charge in [-0.15, -0.1) is 0 Å². The molecule has 0 aliphatic carbocycles. The number of hydrogen-bond donors (Lipinski definition) is 1. The van der Waals surface area contributed by atoms with Crippen LogP contribution in [-0.4, -0.2) is 38.9 Å². The molecule has 6 heteroatoms. The highest BCUT2D eigenvalue weighted by molar-refractivity contribution is 5.21. The summed E-state index contributed by atoms with van der Waals surface area (Å²) < 4.78 is 28.8. The Morgan fingerprint density at radius 3 is 3.00 bits per heavy atom. The van der Waals surface area contributed by atoms with Crippen LogP contribution < -0.4 is 0 Å². The molecule has 1 aliphatic heterocycles. The first-order valence-electron chi connectivity index (χ1n) is 7.48. The predicted octanol–water partition coefficient (Wildman–Crippen LogP) is 2.36. The number of rotatable bonds is 5. The zero-order chi connectivity index (χ0) is 15.5. The average molecular weight is 307 g/mol. The highest BCUT2D eigenvalue weighted by atomic mass is 19.1. The van der Waals surface area contributed by atoms with Crippen LogP contribution in [0, 0.1) is 11.6 Å². The summed E-state index contributed by atoms with van der Waals surface area (Å²) >= 11 is 0. The Kier molecular flexibility index (Phi) is 4.49. The first-order chi connectivity index (χ1) is 10.6. The quantitative estimate of drug-likeness (QED) is 0.922. The smallest absolute Gasteiger partial charge is 0.129 e. The van der Waals surface area contributed by atoms with Crippen LogP contribution in [-0.2, 0) is 6.54 Å². The third-order valence-electron chi connectivity index (χ3n) is 4.18. The van der Waals surface area contributed by atoms with Gasteiger partial charge in [0.05, 0.1) is 12.6 Å². The van der Waals surface area contributed by atoms with E-state index < -0.39 is 17.7 Å². The monoisotopic (exact) mass is 307 g/mol. The summed E-state index contributed by atoms with van der Waals surface area (Å²) in [6.07, 6.45) is 4.65. The molecule has 1 saturated heterocycles. The van der Waals surface area contributed by atoms with E-state index in [9.17, 15) is 13.9 Å². The minimum absolute atomic E-state index is 0.0183. The number of aliphatic hydroxyl groups is 1. The predicted molar refractivity (Wildman–Crippen MR) is 78.1 cm³/mol. The van der Waals surface area contributed by atoms with Gasteiger partial charge in [-0.1, -0.05) is 0 Å². The SMILES string of the molecule is O[C@H](CN1CCC[C@@H]1Cn1cccn1)c1cc(F)ccc1F. The van der Waals surface area contributed by atoms with Crippen LogP contribution in [0.2, 0.25) is 0 Å². The fourth-order valence-electron chi connectivity index (χ4n) is 3.06. The molecule has 4 nitrogen and oxygen atoms in total. The topological polar surface area (TPSA) is 41.3 Å². The number of aromatic nitrogens is 2. The molecule has 2 atom stereocenters. The van der Waals surface area contributed by atoms with Crippen LogP contribution in [0.1, 0.15) is 24.5 Å². The molecule has 2 heterocycles. The molecule has 0 saturated carbocycles. The number of likely N-dealkylation sites (tertiary alicyclic amines) is 1. The van der Waals surface area contributed by atoms with Gasteiger partial charge in [0.25, 0.3) is 0 Å². The van der Waals surface area contributed by atoms with Gasteiger partial charge in [-0.25, -0.2) is 8.78 Å². The highest BCUT2D eigenvalue weighted by Gasteiger charge is 2.28. The van der Waals surface area contributed by atoms with Gasteiger partial charge >= 0.3 is 0 Å². The fourth-order valence-corrected chi connectivity index (χ4v) is 3.06. The normalized spacial score (nSPS) is 20.4. The van der Waals surface area contributed by atoms with Crippen molar-refractivity contribution in [3.8, 4) is 0 Å². The lowest BCUT2D eigenvalue weighted by Gasteiger charge is -2.27. The second-order valence-corrected chi connectivity index (χ2v) is 5.70. The zero-order valence-electron chi connectivity index (χ0n) is 12.2. The summed E-state index contributed by atoms with van der Waals surface area (Å²) in [6.45, 7) is 1.89. The Balaban J connectivity index is 1.67. The molecule has 2 aromatic rings. The van der Waals surface area contributed by atoms with Gasteiger partial charge < -0.3 is 5.11 Å². The fraction of sp³-hybridized carbons (Fsp3) is 0.438. The van der Waals surface area contributed by atoms with Gasteiger partial charge in [0.2, 0.25) is 0 Å². The molecule has 22 heavy (non-hydrogen) atoms. The van der Waals surface area contributed by atoms with Crippen LogP contribution in [0.25, 0.3) is 0 Å². The van der Waals surface area contributed by atoms with Crippen LogP contribution in [0.3, 0.4) is 0 Å². The Labute approximate surface area is 128 Å². The highest BCUT2D eigenvalue weighted by Crippen LogP contribution is 2.24. The van der Waals surface area contributed by atoms with Gasteiger partial charge in [-0.05, 0) is 43.7 Å². The molecule has 0 spiro atoms. The van der Waals surface area contributed by atoms with Crippen LogP contribution in [0.5, 0.6) is 0 Å². The molecular formula is C16H19F2N3O. The van der Waals surface area contributed by atoms with Crippen molar-refractivity contribution in [1.29, 1.82) is 0 Å². The standard InChI is InChI=1S/C16H19F2N3O/c17-12-4-5-15(18)14(9-12)16(22)11-20-7-1-3-13(20)10-21-8-2-6-19-21/h2,4-6,8-9,13,16,22H,1,3,7,10-11H2/t13-,16-/m1/s1. The van der Waals surface area contributed by atoms with E-state index in [-0.39, 0.29) is 11.6 Å². The lowest BCUT2D eigenvalue weighted by molar-refractivity contribution is 0.0975. The Bertz CT molecular complexity index is 618. The second-order valence-electron chi connectivity index (χ2n) is 5.70. The van der Waals surface area contributed by atoms with Crippen LogP contribution >= 0.6 is 0 Å². The van der Waals surface area contributed by atoms with E-state index in [0.29, 0.717) is 6.54 Å². The van der Waals surface area contributed by atoms with Crippen molar-refractivity contribution >= 4 is 0 Å². The molecule has 1 aromatic heterocycles. The van der Waals surface area contributed by atoms with E-state index in [1.165, 1.54) is 0 Å². The van der Waals surface area contributed by atoms with Crippen molar-refractivity contribution in [2.24, 2.45) is 0 Å². The van der Waals surface area contributed by atoms with Crippen molar-refractivity contribution in [3.63, 3.8) is 0 Å². The van der Waals surface area contributed by atoms with Crippen LogP contribution in [0.4, 0.5) is 8.78 Å². The Morgan fingerprint density at radius 1 is 1.36 bits per heavy atom. The van der Waals surface area contributed by atoms with Crippen molar-refractivity contribution in [3.05, 3.63) is 53.9 Å². The van der Waals surface area contributed by atoms with E-state index in [0.717, 1.165) is 44.1 Å². The summed E-state index contributed by atoms with van der Waals surface area (Å²) in [5.41, 5.74) is 0.0183. The lowest BCUT2D eigenvalue weighted by Crippen LogP contribution is -2.36. The molecule has 1 aliphatic rings. The largest absolute Gasteiger partial charge is 0.387 e. The number of nitrogens with zero attached hydrogens (tertiary/aromatic N) is 3. The summed E-state index contributed by atoms with van der Waals surface area (Å²) in [6, 6.07) is 5.31. The van der Waals surface area contributed by atoms with Gasteiger partial charge in [0.15, 0.2) is 0 Å². The Hall–Kier alpha value is -1.79. The zero-order valence-corrected chi connectivity index (χ0v) is 12.2. The molecule has 118 valence electrons. The van der Waals surface area contributed by atoms with E-state index in [2.05, 4.69) is 10.00 Å². The maximum Gasteiger partial charge on any atom is 0.129 e. The minimum Gasteiger partial charge on any atom is -0.387 e. The molecule has 0 bridgehead atoms. The molecule has 0 amide bonds. The summed E-state index contributed by atoms with van der Waals surface area (Å²) in [7, 11) is 0. The van der Waals surface area contributed by atoms with Gasteiger partial charge in [-0.2, -0.15) is 5.10 Å². The van der Waals surface area contributed by atoms with Crippen molar-refractivity contribution in [2.45, 2.75) is 31.5 Å². The summed E-state index contributed by atoms with van der Waals surface area (Å²) in [5, 5.41) is 14.5. The number of β-amino-alcohol motifs (C(OH)–C–C–N with tert-alkyl or cyclic N) is 1. The van der Waals surface area contributed by atoms with E-state index in [1.807, 2.05) is 16.9 Å². The summed E-state index contributed by atoms with van der Waals surface area (Å²) in [4.78, 5) is 2.12. The molecule has 3 rings (SSSR count). The lowest BCUT2D eigenvalue weighted by atomic mass is 10.1. The van der Waals surface area contributed by atoms with E-state index in [4.69, 9.17) is 0 Å². The number of hydrogen-bond acceptors (Lipinski definition) is 3. The Morgan fingerprint density at radius 2 is 2.23 bits per heavy atom. The van der Waals surface area contributed by atoms with Crippen molar-refractivity contribution in [1.82, 2.24) is 14.7 Å². The van der Waals surface area contributed by atoms with Gasteiger partial charge in [0.1, 0.15) is 11.6 Å². The molecular weight excluding hydrogens is 288 g/mol. The van der Waals surface area contributed by atoms with Gasteiger partial charge in [0, 0.05) is 30.5 Å². The maximum atomic E-state index is 13.7. The van der Waals surface area contributed by atoms with E-state index >= 15 is 0 Å². The first-order valence-corrected chi connectivity index (χ1v) is 7.48. The molecule has 1 aromatic carbocycles. The number of halogens is 2. The van der Waals surface area contributed by atoms with Crippen molar-refractivity contribution < 1.29 is 13.9 Å². The minimum atomic E-state index is -1.03. The maximum absolute atomic E-state index is 13.7. The average Bonchev–Trinajstić information content (AvgIpc) is 3.15. The molecule has 1 N–H and O–H groups in total. The molecule has 0 radical (unpaired) electrons. The second kappa shape index (κ2) is 6.54. The number of aliphatic hydroxyl groups excluding tert-OH is 1. The first kappa shape index (κ1) is 15.1. The third-order valence-corrected chi connectivity index (χ3v) is 4.18. The van der Waals surface area contributed by atoms with Gasteiger partial charge in [-0.3, -0.25) is 9.58 Å². The van der Waals surface area contributed by atoms with Crippen molar-refractivity contribution in [2.75, 3.05) is 13.1 Å². The van der Waals surface area contributed by atoms with E-state index in [1.54, 1.807) is 6.20 Å². The number of benzene rings is 1. The third kappa shape index (κ3) is 3.34. The van der Waals surface area contributed by atoms with Crippen LogP contribution in [0.15, 0.2) is 36.7 Å². The molecule has 1 fully saturated rings. The molecule has 0 unspecified atom stereocenters. The summed E-state index contributed by atoms with van der Waals surface area (Å²) in [5.74, 6) is -1.11.